The number of hydrogen-bond acceptors (Lipinski definition) is 3. The number of thioether (sulfide) groups is 1. The van der Waals surface area contributed by atoms with E-state index in [1.165, 1.54) is 17.1 Å². The molecule has 2 rings (SSSR count). The van der Waals surface area contributed by atoms with Crippen molar-refractivity contribution in [2.24, 2.45) is 5.73 Å². The fourth-order valence-electron chi connectivity index (χ4n) is 1.64. The fourth-order valence-corrected chi connectivity index (χ4v) is 2.50. The van der Waals surface area contributed by atoms with Gasteiger partial charge in [-0.2, -0.15) is 11.8 Å². The SMILES string of the molecule is NCCC(=O)c1ccc(C2CSC2)cc1. The van der Waals surface area contributed by atoms with Crippen LogP contribution in [-0.4, -0.2) is 23.8 Å². The van der Waals surface area contributed by atoms with Crippen LogP contribution in [0.2, 0.25) is 0 Å². The topological polar surface area (TPSA) is 43.1 Å². The van der Waals surface area contributed by atoms with Gasteiger partial charge in [-0.3, -0.25) is 4.79 Å². The molecule has 1 fully saturated rings. The monoisotopic (exact) mass is 221 g/mol. The van der Waals surface area contributed by atoms with Gasteiger partial charge in [0.25, 0.3) is 0 Å². The molecular formula is C12H15NOS. The van der Waals surface area contributed by atoms with E-state index in [0.29, 0.717) is 18.9 Å². The van der Waals surface area contributed by atoms with Gasteiger partial charge in [0.05, 0.1) is 0 Å². The Hall–Kier alpha value is -0.800. The van der Waals surface area contributed by atoms with Gasteiger partial charge in [0.15, 0.2) is 5.78 Å². The zero-order valence-corrected chi connectivity index (χ0v) is 9.43. The summed E-state index contributed by atoms with van der Waals surface area (Å²) in [5, 5.41) is 0. The van der Waals surface area contributed by atoms with E-state index in [0.717, 1.165) is 5.56 Å². The zero-order valence-electron chi connectivity index (χ0n) is 8.61. The van der Waals surface area contributed by atoms with Crippen LogP contribution >= 0.6 is 11.8 Å². The van der Waals surface area contributed by atoms with Crippen molar-refractivity contribution in [3.05, 3.63) is 35.4 Å². The van der Waals surface area contributed by atoms with Gasteiger partial charge in [-0.25, -0.2) is 0 Å². The average molecular weight is 221 g/mol. The molecule has 1 saturated heterocycles. The molecule has 3 heteroatoms. The largest absolute Gasteiger partial charge is 0.330 e. The molecule has 1 aliphatic heterocycles. The summed E-state index contributed by atoms with van der Waals surface area (Å²) in [6, 6.07) is 8.01. The molecular weight excluding hydrogens is 206 g/mol. The van der Waals surface area contributed by atoms with Crippen molar-refractivity contribution in [2.45, 2.75) is 12.3 Å². The highest BCUT2D eigenvalue weighted by atomic mass is 32.2. The van der Waals surface area contributed by atoms with Crippen molar-refractivity contribution in [3.63, 3.8) is 0 Å². The number of rotatable bonds is 4. The van der Waals surface area contributed by atoms with E-state index < -0.39 is 0 Å². The summed E-state index contributed by atoms with van der Waals surface area (Å²) in [6.07, 6.45) is 0.443. The number of nitrogens with two attached hydrogens (primary N) is 1. The van der Waals surface area contributed by atoms with Gasteiger partial charge in [-0.05, 0) is 12.1 Å². The maximum Gasteiger partial charge on any atom is 0.164 e. The molecule has 15 heavy (non-hydrogen) atoms. The average Bonchev–Trinajstić information content (AvgIpc) is 2.16. The summed E-state index contributed by atoms with van der Waals surface area (Å²) in [6.45, 7) is 0.430. The zero-order chi connectivity index (χ0) is 10.7. The van der Waals surface area contributed by atoms with Crippen LogP contribution in [0.1, 0.15) is 28.3 Å². The lowest BCUT2D eigenvalue weighted by atomic mass is 9.99. The first-order valence-electron chi connectivity index (χ1n) is 5.22. The Morgan fingerprint density at radius 1 is 1.33 bits per heavy atom. The highest BCUT2D eigenvalue weighted by Crippen LogP contribution is 2.33. The van der Waals surface area contributed by atoms with E-state index in [-0.39, 0.29) is 5.78 Å². The third-order valence-electron chi connectivity index (χ3n) is 2.71. The first kappa shape index (κ1) is 10.7. The van der Waals surface area contributed by atoms with E-state index in [1.807, 2.05) is 23.9 Å². The van der Waals surface area contributed by atoms with Crippen LogP contribution in [0.15, 0.2) is 24.3 Å². The predicted octanol–water partition coefficient (Wildman–Crippen LogP) is 2.05. The van der Waals surface area contributed by atoms with Crippen LogP contribution in [-0.2, 0) is 0 Å². The number of hydrogen-bond donors (Lipinski definition) is 1. The Morgan fingerprint density at radius 3 is 2.47 bits per heavy atom. The predicted molar refractivity (Wildman–Crippen MR) is 64.5 cm³/mol. The van der Waals surface area contributed by atoms with Crippen molar-refractivity contribution < 1.29 is 4.79 Å². The lowest BCUT2D eigenvalue weighted by Crippen LogP contribution is -2.15. The molecule has 0 unspecified atom stereocenters. The lowest BCUT2D eigenvalue weighted by Gasteiger charge is -2.25. The van der Waals surface area contributed by atoms with E-state index in [1.54, 1.807) is 0 Å². The van der Waals surface area contributed by atoms with Crippen LogP contribution in [0, 0.1) is 0 Å². The molecule has 2 nitrogen and oxygen atoms in total. The van der Waals surface area contributed by atoms with Gasteiger partial charge in [0.2, 0.25) is 0 Å². The van der Waals surface area contributed by atoms with E-state index >= 15 is 0 Å². The smallest absolute Gasteiger partial charge is 0.164 e. The summed E-state index contributed by atoms with van der Waals surface area (Å²) in [5.41, 5.74) is 7.50. The Bertz CT molecular complexity index is 343. The summed E-state index contributed by atoms with van der Waals surface area (Å²) in [5.74, 6) is 3.28. The number of ketones is 1. The molecule has 0 aromatic heterocycles. The molecule has 1 aromatic carbocycles. The van der Waals surface area contributed by atoms with Crippen LogP contribution in [0.25, 0.3) is 0 Å². The second kappa shape index (κ2) is 4.81. The Labute approximate surface area is 94.2 Å². The maximum atomic E-state index is 11.5. The minimum Gasteiger partial charge on any atom is -0.330 e. The number of Topliss-reactive ketones (excluding diaryl/α,β-unsaturated/α-hetero) is 1. The van der Waals surface area contributed by atoms with Crippen molar-refractivity contribution >= 4 is 17.5 Å². The van der Waals surface area contributed by atoms with Crippen molar-refractivity contribution in [1.82, 2.24) is 0 Å². The van der Waals surface area contributed by atoms with Crippen molar-refractivity contribution in [2.75, 3.05) is 18.1 Å². The van der Waals surface area contributed by atoms with Crippen LogP contribution in [0.4, 0.5) is 0 Å². The first-order valence-corrected chi connectivity index (χ1v) is 6.37. The van der Waals surface area contributed by atoms with E-state index in [9.17, 15) is 4.79 Å². The van der Waals surface area contributed by atoms with Crippen LogP contribution in [0.5, 0.6) is 0 Å². The quantitative estimate of drug-likeness (QED) is 0.791. The Balaban J connectivity index is 2.06. The molecule has 0 bridgehead atoms. The van der Waals surface area contributed by atoms with Crippen LogP contribution in [0.3, 0.4) is 0 Å². The summed E-state index contributed by atoms with van der Waals surface area (Å²) >= 11 is 1.98. The van der Waals surface area contributed by atoms with Gasteiger partial charge in [0.1, 0.15) is 0 Å². The maximum absolute atomic E-state index is 11.5. The molecule has 0 saturated carbocycles. The number of benzene rings is 1. The molecule has 1 aliphatic rings. The Morgan fingerprint density at radius 2 is 2.00 bits per heavy atom. The van der Waals surface area contributed by atoms with Gasteiger partial charge in [0, 0.05) is 29.4 Å². The molecule has 0 aliphatic carbocycles. The molecule has 1 aromatic rings. The highest BCUT2D eigenvalue weighted by Gasteiger charge is 2.19. The number of carbonyl (C=O) groups is 1. The van der Waals surface area contributed by atoms with Crippen molar-refractivity contribution in [3.8, 4) is 0 Å². The summed E-state index contributed by atoms with van der Waals surface area (Å²) < 4.78 is 0. The van der Waals surface area contributed by atoms with E-state index in [2.05, 4.69) is 12.1 Å². The minimum absolute atomic E-state index is 0.145. The summed E-state index contributed by atoms with van der Waals surface area (Å²) in [4.78, 5) is 11.5. The van der Waals surface area contributed by atoms with Gasteiger partial charge >= 0.3 is 0 Å². The normalized spacial score (nSPS) is 16.1. The second-order valence-electron chi connectivity index (χ2n) is 3.82. The van der Waals surface area contributed by atoms with Gasteiger partial charge in [-0.1, -0.05) is 24.3 Å². The third kappa shape index (κ3) is 2.41. The number of carbonyl (C=O) groups excluding carboxylic acids is 1. The molecule has 0 radical (unpaired) electrons. The van der Waals surface area contributed by atoms with Gasteiger partial charge < -0.3 is 5.73 Å². The minimum atomic E-state index is 0.145. The molecule has 0 atom stereocenters. The lowest BCUT2D eigenvalue weighted by molar-refractivity contribution is 0.0985. The highest BCUT2D eigenvalue weighted by molar-refractivity contribution is 8.00. The van der Waals surface area contributed by atoms with Crippen LogP contribution < -0.4 is 5.73 Å². The Kier molecular flexibility index (Phi) is 3.44. The fraction of sp³-hybridized carbons (Fsp3) is 0.417. The molecule has 80 valence electrons. The standard InChI is InChI=1S/C12H15NOS/c13-6-5-12(14)10-3-1-9(2-4-10)11-7-15-8-11/h1-4,11H,5-8,13H2. The second-order valence-corrected chi connectivity index (χ2v) is 4.89. The third-order valence-corrected chi connectivity index (χ3v) is 3.99. The van der Waals surface area contributed by atoms with E-state index in [4.69, 9.17) is 5.73 Å². The molecule has 2 N–H and O–H groups in total. The molecule has 0 spiro atoms. The van der Waals surface area contributed by atoms with Crippen molar-refractivity contribution in [1.29, 1.82) is 0 Å². The first-order chi connectivity index (χ1) is 7.31. The van der Waals surface area contributed by atoms with Gasteiger partial charge in [-0.15, -0.1) is 0 Å². The summed E-state index contributed by atoms with van der Waals surface area (Å²) in [7, 11) is 0. The molecule has 1 heterocycles. The molecule has 0 amide bonds.